The summed E-state index contributed by atoms with van der Waals surface area (Å²) in [6, 6.07) is -1.22. The van der Waals surface area contributed by atoms with Crippen LogP contribution in [0.15, 0.2) is 4.99 Å². The monoisotopic (exact) mass is 220 g/mol. The van der Waals surface area contributed by atoms with Crippen LogP contribution in [0.25, 0.3) is 0 Å². The van der Waals surface area contributed by atoms with Crippen LogP contribution in [0.5, 0.6) is 0 Å². The molecule has 0 amide bonds. The van der Waals surface area contributed by atoms with Crippen LogP contribution in [-0.4, -0.2) is 63.6 Å². The van der Waals surface area contributed by atoms with Crippen molar-refractivity contribution in [3.63, 3.8) is 0 Å². The van der Waals surface area contributed by atoms with Gasteiger partial charge in [-0.25, -0.2) is 0 Å². The maximum absolute atomic E-state index is 10.7. The molecule has 7 nitrogen and oxygen atoms in total. The summed E-state index contributed by atoms with van der Waals surface area (Å²) in [7, 11) is 0. The lowest BCUT2D eigenvalue weighted by molar-refractivity contribution is -0.253. The molecule has 15 heavy (non-hydrogen) atoms. The van der Waals surface area contributed by atoms with Crippen molar-refractivity contribution in [2.75, 3.05) is 6.61 Å². The van der Waals surface area contributed by atoms with Gasteiger partial charge in [0.2, 0.25) is 0 Å². The van der Waals surface area contributed by atoms with Crippen LogP contribution in [0, 0.1) is 0 Å². The number of nitrogens with zero attached hydrogens (tertiary/aromatic N) is 1. The molecule has 4 N–H and O–H groups in total. The van der Waals surface area contributed by atoms with Crippen LogP contribution in [0.2, 0.25) is 0 Å². The molecule has 0 aliphatic carbocycles. The van der Waals surface area contributed by atoms with Crippen molar-refractivity contribution in [2.45, 2.75) is 37.6 Å². The van der Waals surface area contributed by atoms with Gasteiger partial charge in [-0.05, 0) is 12.8 Å². The standard InChI is InChI=1S/C8H15NO6/c1-3(11)9-5-7(13)6(12)4(2-10)15-8(5)14/h4-8,10,12-14H,2H2,1H3,(H,9,11)/p-1/t4-,5-,6+,7-,8-/m1/s1. The lowest BCUT2D eigenvalue weighted by Gasteiger charge is -2.38. The van der Waals surface area contributed by atoms with Gasteiger partial charge >= 0.3 is 0 Å². The second kappa shape index (κ2) is 4.86. The van der Waals surface area contributed by atoms with Crippen molar-refractivity contribution in [2.24, 2.45) is 4.99 Å². The minimum atomic E-state index is -1.51. The Morgan fingerprint density at radius 3 is 2.40 bits per heavy atom. The van der Waals surface area contributed by atoms with Crippen molar-refractivity contribution < 1.29 is 30.3 Å². The molecule has 0 aromatic carbocycles. The first-order valence-corrected chi connectivity index (χ1v) is 4.49. The van der Waals surface area contributed by atoms with Crippen molar-refractivity contribution in [3.05, 3.63) is 0 Å². The first-order valence-electron chi connectivity index (χ1n) is 4.49. The molecule has 0 radical (unpaired) electrons. The average Bonchev–Trinajstić information content (AvgIpc) is 2.18. The van der Waals surface area contributed by atoms with Gasteiger partial charge in [0.15, 0.2) is 6.29 Å². The molecule has 0 unspecified atom stereocenters. The third-order valence-corrected chi connectivity index (χ3v) is 2.20. The SMILES string of the molecule is CC([O-])=N[C@@H]1[C@@H](O)[C@@H](O)[C@@H](CO)O[C@H]1O. The van der Waals surface area contributed by atoms with Gasteiger partial charge in [0.05, 0.1) is 6.61 Å². The molecule has 0 saturated carbocycles. The van der Waals surface area contributed by atoms with Gasteiger partial charge < -0.3 is 30.3 Å². The topological polar surface area (TPSA) is 126 Å². The predicted molar refractivity (Wildman–Crippen MR) is 46.9 cm³/mol. The zero-order valence-electron chi connectivity index (χ0n) is 8.15. The van der Waals surface area contributed by atoms with Crippen LogP contribution in [0.3, 0.4) is 0 Å². The highest BCUT2D eigenvalue weighted by Crippen LogP contribution is 2.21. The molecule has 0 spiro atoms. The van der Waals surface area contributed by atoms with Crippen molar-refractivity contribution in [1.82, 2.24) is 0 Å². The van der Waals surface area contributed by atoms with Gasteiger partial charge in [-0.1, -0.05) is 0 Å². The fourth-order valence-corrected chi connectivity index (χ4v) is 1.43. The molecule has 1 saturated heterocycles. The summed E-state index contributed by atoms with van der Waals surface area (Å²) in [6.45, 7) is 0.617. The smallest absolute Gasteiger partial charge is 0.180 e. The molecular weight excluding hydrogens is 206 g/mol. The van der Waals surface area contributed by atoms with E-state index in [0.717, 1.165) is 6.92 Å². The maximum atomic E-state index is 10.7. The summed E-state index contributed by atoms with van der Waals surface area (Å²) in [4.78, 5) is 3.41. The van der Waals surface area contributed by atoms with E-state index in [2.05, 4.69) is 4.99 Å². The minimum absolute atomic E-state index is 0.540. The molecular formula is C8H14NO6-. The van der Waals surface area contributed by atoms with E-state index in [1.54, 1.807) is 0 Å². The highest BCUT2D eigenvalue weighted by atomic mass is 16.6. The third kappa shape index (κ3) is 2.64. The fourth-order valence-electron chi connectivity index (χ4n) is 1.43. The van der Waals surface area contributed by atoms with Crippen LogP contribution < -0.4 is 5.11 Å². The van der Waals surface area contributed by atoms with Gasteiger partial charge in [-0.3, -0.25) is 4.99 Å². The number of hydrogen-bond donors (Lipinski definition) is 4. The van der Waals surface area contributed by atoms with E-state index in [1.807, 2.05) is 0 Å². The molecule has 88 valence electrons. The summed E-state index contributed by atoms with van der Waals surface area (Å²) >= 11 is 0. The van der Waals surface area contributed by atoms with E-state index in [0.29, 0.717) is 0 Å². The Hall–Kier alpha value is -0.730. The van der Waals surface area contributed by atoms with Gasteiger partial charge in [-0.2, -0.15) is 0 Å². The molecule has 0 bridgehead atoms. The van der Waals surface area contributed by atoms with E-state index in [4.69, 9.17) is 9.84 Å². The molecule has 0 aromatic rings. The van der Waals surface area contributed by atoms with Crippen molar-refractivity contribution >= 4 is 5.90 Å². The van der Waals surface area contributed by atoms with E-state index >= 15 is 0 Å². The number of hydrogen-bond acceptors (Lipinski definition) is 7. The van der Waals surface area contributed by atoms with Crippen LogP contribution in [0.4, 0.5) is 0 Å². The minimum Gasteiger partial charge on any atom is -0.862 e. The lowest BCUT2D eigenvalue weighted by atomic mass is 9.97. The molecule has 0 aromatic heterocycles. The Balaban J connectivity index is 2.79. The Morgan fingerprint density at radius 1 is 1.33 bits per heavy atom. The van der Waals surface area contributed by atoms with E-state index in [-0.39, 0.29) is 0 Å². The van der Waals surface area contributed by atoms with E-state index in [9.17, 15) is 20.4 Å². The van der Waals surface area contributed by atoms with Crippen LogP contribution in [-0.2, 0) is 4.74 Å². The Bertz CT molecular complexity index is 241. The van der Waals surface area contributed by atoms with Gasteiger partial charge in [0.1, 0.15) is 24.4 Å². The average molecular weight is 220 g/mol. The van der Waals surface area contributed by atoms with E-state index in [1.165, 1.54) is 0 Å². The summed E-state index contributed by atoms with van der Waals surface area (Å²) in [5.74, 6) is -0.587. The third-order valence-electron chi connectivity index (χ3n) is 2.20. The summed E-state index contributed by atoms with van der Waals surface area (Å²) in [6.07, 6.45) is -5.40. The molecule has 1 aliphatic heterocycles. The summed E-state index contributed by atoms with van der Waals surface area (Å²) in [5.41, 5.74) is 0. The normalized spacial score (nSPS) is 43.0. The maximum Gasteiger partial charge on any atom is 0.180 e. The fraction of sp³-hybridized carbons (Fsp3) is 0.875. The summed E-state index contributed by atoms with van der Waals surface area (Å²) in [5, 5.41) is 47.7. The van der Waals surface area contributed by atoms with Crippen LogP contribution >= 0.6 is 0 Å². The number of aliphatic imine (C=N–C) groups is 1. The number of aliphatic hydroxyl groups excluding tert-OH is 4. The van der Waals surface area contributed by atoms with Crippen molar-refractivity contribution in [3.8, 4) is 0 Å². The molecule has 5 atom stereocenters. The lowest BCUT2D eigenvalue weighted by Crippen LogP contribution is -2.58. The highest BCUT2D eigenvalue weighted by Gasteiger charge is 2.43. The second-order valence-corrected chi connectivity index (χ2v) is 3.37. The first kappa shape index (κ1) is 12.3. The predicted octanol–water partition coefficient (Wildman–Crippen LogP) is -3.43. The van der Waals surface area contributed by atoms with Gasteiger partial charge in [-0.15, -0.1) is 0 Å². The highest BCUT2D eigenvalue weighted by molar-refractivity contribution is 5.68. The van der Waals surface area contributed by atoms with Crippen LogP contribution in [0.1, 0.15) is 6.92 Å². The summed E-state index contributed by atoms with van der Waals surface area (Å²) < 4.78 is 4.78. The molecule has 1 fully saturated rings. The first-order chi connectivity index (χ1) is 6.97. The number of aliphatic hydroxyl groups is 4. The zero-order valence-corrected chi connectivity index (χ0v) is 8.15. The van der Waals surface area contributed by atoms with Gasteiger partial charge in [0, 0.05) is 0 Å². The Labute approximate surface area is 86.3 Å². The zero-order chi connectivity index (χ0) is 11.6. The van der Waals surface area contributed by atoms with E-state index < -0.39 is 43.1 Å². The van der Waals surface area contributed by atoms with Gasteiger partial charge in [0.25, 0.3) is 0 Å². The number of ether oxygens (including phenoxy) is 1. The molecule has 1 rings (SSSR count). The Morgan fingerprint density at radius 2 is 1.93 bits per heavy atom. The second-order valence-electron chi connectivity index (χ2n) is 3.37. The number of rotatable bonds is 2. The van der Waals surface area contributed by atoms with Crippen molar-refractivity contribution in [1.29, 1.82) is 0 Å². The molecule has 1 aliphatic rings. The largest absolute Gasteiger partial charge is 0.862 e. The molecule has 1 heterocycles. The molecule has 7 heteroatoms. The Kier molecular flexibility index (Phi) is 4.00. The quantitative estimate of drug-likeness (QED) is 0.283.